The maximum Gasteiger partial charge on any atom is 0.329 e. The Morgan fingerprint density at radius 1 is 1.20 bits per heavy atom. The molecule has 2 aromatic heterocycles. The topological polar surface area (TPSA) is 142 Å². The number of nitrogen functional groups attached to an aromatic ring is 1. The number of ether oxygens (including phenoxy) is 1. The van der Waals surface area contributed by atoms with E-state index >= 15 is 0 Å². The highest BCUT2D eigenvalue weighted by atomic mass is 79.9. The lowest BCUT2D eigenvalue weighted by Gasteiger charge is -2.08. The number of halogens is 1. The molecule has 1 aromatic carbocycles. The highest BCUT2D eigenvalue weighted by molar-refractivity contribution is 9.10. The summed E-state index contributed by atoms with van der Waals surface area (Å²) in [4.78, 5) is 25.8. The number of nitro groups is 1. The number of rotatable bonds is 5. The second-order valence-electron chi connectivity index (χ2n) is 4.66. The van der Waals surface area contributed by atoms with E-state index in [1.807, 2.05) is 0 Å². The van der Waals surface area contributed by atoms with E-state index in [1.54, 1.807) is 36.7 Å². The van der Waals surface area contributed by atoms with E-state index < -0.39 is 4.92 Å². The fourth-order valence-corrected chi connectivity index (χ4v) is 2.02. The number of nitrogens with two attached hydrogens (primary N) is 1. The summed E-state index contributed by atoms with van der Waals surface area (Å²) in [7, 11) is 0. The SMILES string of the molecule is Nc1nc(Nc2cccc(Oc3ncc(Br)cn3)c2)ncc1[N+](=O)[O-]. The monoisotopic (exact) mass is 403 g/mol. The van der Waals surface area contributed by atoms with Gasteiger partial charge in [-0.25, -0.2) is 15.0 Å². The molecule has 0 unspecified atom stereocenters. The number of benzene rings is 1. The van der Waals surface area contributed by atoms with Crippen molar-refractivity contribution >= 4 is 39.1 Å². The second-order valence-corrected chi connectivity index (χ2v) is 5.58. The minimum Gasteiger partial charge on any atom is -0.424 e. The number of hydrogen-bond acceptors (Lipinski definition) is 9. The van der Waals surface area contributed by atoms with E-state index in [9.17, 15) is 10.1 Å². The molecule has 10 nitrogen and oxygen atoms in total. The Balaban J connectivity index is 1.76. The Bertz CT molecular complexity index is 921. The first-order valence-corrected chi connectivity index (χ1v) is 7.60. The van der Waals surface area contributed by atoms with Gasteiger partial charge in [0.05, 0.1) is 9.40 Å². The number of hydrogen-bond donors (Lipinski definition) is 2. The summed E-state index contributed by atoms with van der Waals surface area (Å²) < 4.78 is 6.29. The van der Waals surface area contributed by atoms with Gasteiger partial charge in [0, 0.05) is 24.1 Å². The highest BCUT2D eigenvalue weighted by Crippen LogP contribution is 2.25. The van der Waals surface area contributed by atoms with Crippen LogP contribution in [0.25, 0.3) is 0 Å². The van der Waals surface area contributed by atoms with Crippen LogP contribution in [-0.2, 0) is 0 Å². The van der Waals surface area contributed by atoms with Crippen LogP contribution in [0, 0.1) is 10.1 Å². The van der Waals surface area contributed by atoms with Crippen molar-refractivity contribution < 1.29 is 9.66 Å². The van der Waals surface area contributed by atoms with E-state index in [4.69, 9.17) is 10.5 Å². The van der Waals surface area contributed by atoms with Gasteiger partial charge >= 0.3 is 11.7 Å². The molecule has 0 atom stereocenters. The van der Waals surface area contributed by atoms with Crippen molar-refractivity contribution in [3.63, 3.8) is 0 Å². The Morgan fingerprint density at radius 2 is 1.96 bits per heavy atom. The van der Waals surface area contributed by atoms with Gasteiger partial charge in [0.15, 0.2) is 0 Å². The fourth-order valence-electron chi connectivity index (χ4n) is 1.81. The Labute approximate surface area is 149 Å². The largest absolute Gasteiger partial charge is 0.424 e. The van der Waals surface area contributed by atoms with Gasteiger partial charge in [-0.05, 0) is 28.1 Å². The molecule has 0 radical (unpaired) electrons. The summed E-state index contributed by atoms with van der Waals surface area (Å²) in [5, 5.41) is 13.6. The number of aromatic nitrogens is 4. The first-order valence-electron chi connectivity index (χ1n) is 6.80. The van der Waals surface area contributed by atoms with Crippen LogP contribution in [0.15, 0.2) is 47.3 Å². The van der Waals surface area contributed by atoms with Crippen LogP contribution < -0.4 is 15.8 Å². The molecule has 3 rings (SSSR count). The van der Waals surface area contributed by atoms with Crippen molar-refractivity contribution in [1.29, 1.82) is 0 Å². The van der Waals surface area contributed by atoms with Crippen molar-refractivity contribution in [3.8, 4) is 11.8 Å². The molecule has 3 N–H and O–H groups in total. The van der Waals surface area contributed by atoms with E-state index in [1.165, 1.54) is 0 Å². The molecule has 3 aromatic rings. The molecule has 0 saturated heterocycles. The molecular weight excluding hydrogens is 394 g/mol. The van der Waals surface area contributed by atoms with Crippen LogP contribution in [0.1, 0.15) is 0 Å². The summed E-state index contributed by atoms with van der Waals surface area (Å²) in [5.41, 5.74) is 5.79. The zero-order valence-corrected chi connectivity index (χ0v) is 14.0. The predicted molar refractivity (Wildman–Crippen MR) is 92.6 cm³/mol. The second kappa shape index (κ2) is 7.05. The van der Waals surface area contributed by atoms with Crippen molar-refractivity contribution in [3.05, 3.63) is 57.4 Å². The molecule has 25 heavy (non-hydrogen) atoms. The first-order chi connectivity index (χ1) is 12.0. The average molecular weight is 404 g/mol. The molecule has 0 aliphatic carbocycles. The number of nitrogens with one attached hydrogen (secondary N) is 1. The Hall–Kier alpha value is -3.34. The van der Waals surface area contributed by atoms with Gasteiger partial charge in [0.25, 0.3) is 0 Å². The van der Waals surface area contributed by atoms with Gasteiger partial charge in [-0.3, -0.25) is 10.1 Å². The zero-order valence-electron chi connectivity index (χ0n) is 12.5. The van der Waals surface area contributed by atoms with Crippen LogP contribution in [0.2, 0.25) is 0 Å². The van der Waals surface area contributed by atoms with Gasteiger partial charge in [0.1, 0.15) is 11.9 Å². The van der Waals surface area contributed by atoms with E-state index in [0.717, 1.165) is 10.7 Å². The molecule has 0 saturated carbocycles. The van der Waals surface area contributed by atoms with Gasteiger partial charge in [-0.15, -0.1) is 0 Å². The summed E-state index contributed by atoms with van der Waals surface area (Å²) in [6, 6.07) is 7.08. The number of anilines is 3. The third kappa shape index (κ3) is 4.14. The summed E-state index contributed by atoms with van der Waals surface area (Å²) in [6.07, 6.45) is 4.18. The van der Waals surface area contributed by atoms with Crippen molar-refractivity contribution in [2.45, 2.75) is 0 Å². The molecule has 126 valence electrons. The number of nitrogens with zero attached hydrogens (tertiary/aromatic N) is 5. The van der Waals surface area contributed by atoms with Crippen molar-refractivity contribution in [1.82, 2.24) is 19.9 Å². The molecule has 0 aliphatic rings. The summed E-state index contributed by atoms with van der Waals surface area (Å²) in [6.45, 7) is 0. The molecule has 2 heterocycles. The highest BCUT2D eigenvalue weighted by Gasteiger charge is 2.14. The minimum absolute atomic E-state index is 0.125. The molecule has 0 bridgehead atoms. The molecule has 0 spiro atoms. The third-order valence-corrected chi connectivity index (χ3v) is 3.30. The van der Waals surface area contributed by atoms with Crippen LogP contribution in [0.3, 0.4) is 0 Å². The van der Waals surface area contributed by atoms with E-state index in [0.29, 0.717) is 11.4 Å². The van der Waals surface area contributed by atoms with Crippen LogP contribution >= 0.6 is 15.9 Å². The molecule has 0 aliphatic heterocycles. The van der Waals surface area contributed by atoms with E-state index in [-0.39, 0.29) is 23.5 Å². The van der Waals surface area contributed by atoms with Crippen LogP contribution in [0.5, 0.6) is 11.8 Å². The molecule has 0 amide bonds. The van der Waals surface area contributed by atoms with E-state index in [2.05, 4.69) is 41.2 Å². The lowest BCUT2D eigenvalue weighted by Crippen LogP contribution is -2.04. The van der Waals surface area contributed by atoms with Crippen LogP contribution in [-0.4, -0.2) is 24.9 Å². The normalized spacial score (nSPS) is 10.3. The smallest absolute Gasteiger partial charge is 0.329 e. The zero-order chi connectivity index (χ0) is 17.8. The van der Waals surface area contributed by atoms with Crippen molar-refractivity contribution in [2.24, 2.45) is 0 Å². The van der Waals surface area contributed by atoms with Gasteiger partial charge in [-0.2, -0.15) is 4.98 Å². The average Bonchev–Trinajstić information content (AvgIpc) is 2.57. The lowest BCUT2D eigenvalue weighted by molar-refractivity contribution is -0.384. The molecular formula is C14H10BrN7O3. The minimum atomic E-state index is -0.647. The standard InChI is InChI=1S/C14H10BrN7O3/c15-8-5-18-14(19-6-8)25-10-3-1-2-9(4-10)20-13-17-7-11(22(23)24)12(16)21-13/h1-7H,(H3,16,17,20,21). The van der Waals surface area contributed by atoms with Gasteiger partial charge in [0.2, 0.25) is 11.8 Å². The molecule has 0 fully saturated rings. The van der Waals surface area contributed by atoms with Crippen molar-refractivity contribution in [2.75, 3.05) is 11.1 Å². The maximum absolute atomic E-state index is 10.7. The van der Waals surface area contributed by atoms with Gasteiger partial charge in [-0.1, -0.05) is 6.07 Å². The molecule has 11 heteroatoms. The predicted octanol–water partition coefficient (Wildman–Crippen LogP) is 3.06. The van der Waals surface area contributed by atoms with Gasteiger partial charge < -0.3 is 15.8 Å². The summed E-state index contributed by atoms with van der Waals surface area (Å²) >= 11 is 3.24. The Kier molecular flexibility index (Phi) is 4.66. The fraction of sp³-hybridized carbons (Fsp3) is 0. The van der Waals surface area contributed by atoms with Crippen LogP contribution in [0.4, 0.5) is 23.1 Å². The maximum atomic E-state index is 10.7. The first kappa shape index (κ1) is 16.5. The lowest BCUT2D eigenvalue weighted by atomic mass is 10.3. The summed E-state index contributed by atoms with van der Waals surface area (Å²) in [5.74, 6) is 0.389. The quantitative estimate of drug-likeness (QED) is 0.484. The Morgan fingerprint density at radius 3 is 2.64 bits per heavy atom. The third-order valence-electron chi connectivity index (χ3n) is 2.89.